The molecule has 2 atom stereocenters. The van der Waals surface area contributed by atoms with E-state index in [2.05, 4.69) is 44.7 Å². The van der Waals surface area contributed by atoms with Crippen LogP contribution in [-0.2, 0) is 0 Å². The van der Waals surface area contributed by atoms with Crippen molar-refractivity contribution in [2.75, 3.05) is 33.7 Å². The quantitative estimate of drug-likeness (QED) is 0.602. The topological polar surface area (TPSA) is 58.5 Å². The monoisotopic (exact) mass is 230 g/mol. The molecule has 2 unspecified atom stereocenters. The number of likely N-dealkylation sites (N-methyl/N-ethyl adjacent to an activating group) is 2. The lowest BCUT2D eigenvalue weighted by molar-refractivity contribution is -0.0520. The zero-order chi connectivity index (χ0) is 12.8. The summed E-state index contributed by atoms with van der Waals surface area (Å²) < 4.78 is 0. The molecule has 98 valence electrons. The highest BCUT2D eigenvalue weighted by molar-refractivity contribution is 4.96. The lowest BCUT2D eigenvalue weighted by Crippen LogP contribution is -2.68. The van der Waals surface area contributed by atoms with Crippen molar-refractivity contribution < 1.29 is 0 Å². The van der Waals surface area contributed by atoms with Crippen molar-refractivity contribution in [3.8, 4) is 0 Å². The van der Waals surface area contributed by atoms with Crippen molar-refractivity contribution in [1.82, 2.24) is 9.80 Å². The Balaban J connectivity index is 5.22. The van der Waals surface area contributed by atoms with Crippen molar-refractivity contribution in [1.29, 1.82) is 0 Å². The summed E-state index contributed by atoms with van der Waals surface area (Å²) in [5.41, 5.74) is 12.0. The fraction of sp³-hybridized carbons (Fsp3) is 1.00. The lowest BCUT2D eigenvalue weighted by atomic mass is 9.91. The van der Waals surface area contributed by atoms with Gasteiger partial charge in [0, 0.05) is 6.04 Å². The predicted molar refractivity (Wildman–Crippen MR) is 71.3 cm³/mol. The summed E-state index contributed by atoms with van der Waals surface area (Å²) in [4.78, 5) is 4.66. The molecule has 0 amide bonds. The standard InChI is InChI=1S/C12H30N4/c1-6-11(14)12(9-10-13,15(4)5)16(7-2)8-3/h11H,6-10,13-14H2,1-5H3. The van der Waals surface area contributed by atoms with Crippen LogP contribution in [0.5, 0.6) is 0 Å². The van der Waals surface area contributed by atoms with Gasteiger partial charge in [0.2, 0.25) is 0 Å². The number of nitrogens with zero attached hydrogens (tertiary/aromatic N) is 2. The predicted octanol–water partition coefficient (Wildman–Crippen LogP) is 0.672. The van der Waals surface area contributed by atoms with Crippen LogP contribution >= 0.6 is 0 Å². The highest BCUT2D eigenvalue weighted by atomic mass is 15.4. The van der Waals surface area contributed by atoms with Crippen LogP contribution in [-0.4, -0.2) is 55.2 Å². The van der Waals surface area contributed by atoms with Gasteiger partial charge in [0.15, 0.2) is 0 Å². The third-order valence-electron chi connectivity index (χ3n) is 3.63. The molecule has 0 saturated carbocycles. The minimum absolute atomic E-state index is 0.104. The Morgan fingerprint density at radius 3 is 1.88 bits per heavy atom. The maximum atomic E-state index is 6.35. The van der Waals surface area contributed by atoms with Gasteiger partial charge >= 0.3 is 0 Å². The molecule has 0 bridgehead atoms. The van der Waals surface area contributed by atoms with Crippen LogP contribution in [0.3, 0.4) is 0 Å². The van der Waals surface area contributed by atoms with Gasteiger partial charge in [-0.2, -0.15) is 0 Å². The van der Waals surface area contributed by atoms with Crippen LogP contribution in [0.1, 0.15) is 33.6 Å². The first-order chi connectivity index (χ1) is 7.50. The molecule has 0 radical (unpaired) electrons. The zero-order valence-electron chi connectivity index (χ0n) is 11.7. The number of rotatable bonds is 8. The molecule has 0 aromatic carbocycles. The third-order valence-corrected chi connectivity index (χ3v) is 3.63. The molecule has 0 spiro atoms. The molecule has 4 heteroatoms. The van der Waals surface area contributed by atoms with Crippen molar-refractivity contribution >= 4 is 0 Å². The van der Waals surface area contributed by atoms with Crippen LogP contribution in [0.15, 0.2) is 0 Å². The Hall–Kier alpha value is -0.160. The van der Waals surface area contributed by atoms with Crippen LogP contribution in [0, 0.1) is 0 Å². The first-order valence-corrected chi connectivity index (χ1v) is 6.39. The summed E-state index contributed by atoms with van der Waals surface area (Å²) in [5, 5.41) is 0. The Morgan fingerprint density at radius 1 is 1.12 bits per heavy atom. The van der Waals surface area contributed by atoms with E-state index in [9.17, 15) is 0 Å². The third kappa shape index (κ3) is 2.94. The van der Waals surface area contributed by atoms with E-state index in [1.807, 2.05) is 0 Å². The fourth-order valence-electron chi connectivity index (χ4n) is 2.73. The van der Waals surface area contributed by atoms with E-state index in [1.54, 1.807) is 0 Å². The maximum Gasteiger partial charge on any atom is 0.0900 e. The fourth-order valence-corrected chi connectivity index (χ4v) is 2.73. The van der Waals surface area contributed by atoms with Crippen molar-refractivity contribution in [3.63, 3.8) is 0 Å². The summed E-state index contributed by atoms with van der Waals surface area (Å²) in [6.45, 7) is 9.18. The van der Waals surface area contributed by atoms with Gasteiger partial charge in [-0.25, -0.2) is 0 Å². The average molecular weight is 230 g/mol. The van der Waals surface area contributed by atoms with Crippen LogP contribution < -0.4 is 11.5 Å². The van der Waals surface area contributed by atoms with Gasteiger partial charge in [-0.05, 0) is 46.6 Å². The number of hydrogen-bond donors (Lipinski definition) is 2. The largest absolute Gasteiger partial charge is 0.330 e. The van der Waals surface area contributed by atoms with Crippen LogP contribution in [0.4, 0.5) is 0 Å². The number of hydrogen-bond acceptors (Lipinski definition) is 4. The van der Waals surface area contributed by atoms with Gasteiger partial charge in [-0.15, -0.1) is 0 Å². The average Bonchev–Trinajstić information content (AvgIpc) is 2.27. The molecular weight excluding hydrogens is 200 g/mol. The first-order valence-electron chi connectivity index (χ1n) is 6.39. The first kappa shape index (κ1) is 15.8. The van der Waals surface area contributed by atoms with Gasteiger partial charge in [0.05, 0.1) is 5.66 Å². The SMILES string of the molecule is CCC(N)C(CCN)(N(C)C)N(CC)CC. The van der Waals surface area contributed by atoms with E-state index in [1.165, 1.54) is 0 Å². The summed E-state index contributed by atoms with van der Waals surface area (Å²) in [6.07, 6.45) is 1.88. The van der Waals surface area contributed by atoms with E-state index < -0.39 is 0 Å². The molecule has 0 saturated heterocycles. The molecule has 0 aliphatic carbocycles. The van der Waals surface area contributed by atoms with Gasteiger partial charge in [-0.1, -0.05) is 20.8 Å². The smallest absolute Gasteiger partial charge is 0.0900 e. The summed E-state index contributed by atoms with van der Waals surface area (Å²) in [5.74, 6) is 0. The van der Waals surface area contributed by atoms with Crippen molar-refractivity contribution in [2.45, 2.75) is 45.3 Å². The van der Waals surface area contributed by atoms with Crippen molar-refractivity contribution in [3.05, 3.63) is 0 Å². The molecular formula is C12H30N4. The molecule has 0 rings (SSSR count). The molecule has 0 fully saturated rings. The minimum atomic E-state index is -0.104. The Morgan fingerprint density at radius 2 is 1.62 bits per heavy atom. The van der Waals surface area contributed by atoms with Gasteiger partial charge < -0.3 is 11.5 Å². The summed E-state index contributed by atoms with van der Waals surface area (Å²) in [7, 11) is 4.20. The Labute approximate surface area is 101 Å². The van der Waals surface area contributed by atoms with E-state index in [0.29, 0.717) is 6.54 Å². The van der Waals surface area contributed by atoms with Gasteiger partial charge in [0.1, 0.15) is 0 Å². The van der Waals surface area contributed by atoms with E-state index in [4.69, 9.17) is 11.5 Å². The van der Waals surface area contributed by atoms with Crippen LogP contribution in [0.25, 0.3) is 0 Å². The molecule has 0 heterocycles. The van der Waals surface area contributed by atoms with Crippen molar-refractivity contribution in [2.24, 2.45) is 11.5 Å². The Bertz CT molecular complexity index is 180. The maximum absolute atomic E-state index is 6.35. The lowest BCUT2D eigenvalue weighted by Gasteiger charge is -2.51. The second-order valence-corrected chi connectivity index (χ2v) is 4.50. The van der Waals surface area contributed by atoms with Gasteiger partial charge in [-0.3, -0.25) is 9.80 Å². The molecule has 0 aromatic rings. The number of nitrogens with two attached hydrogens (primary N) is 2. The molecule has 0 aliphatic heterocycles. The molecule has 4 N–H and O–H groups in total. The molecule has 16 heavy (non-hydrogen) atoms. The second-order valence-electron chi connectivity index (χ2n) is 4.50. The minimum Gasteiger partial charge on any atom is -0.330 e. The highest BCUT2D eigenvalue weighted by Crippen LogP contribution is 2.26. The van der Waals surface area contributed by atoms with E-state index >= 15 is 0 Å². The van der Waals surface area contributed by atoms with Crippen LogP contribution in [0.2, 0.25) is 0 Å². The van der Waals surface area contributed by atoms with E-state index in [-0.39, 0.29) is 11.7 Å². The van der Waals surface area contributed by atoms with Gasteiger partial charge in [0.25, 0.3) is 0 Å². The normalized spacial score (nSPS) is 17.8. The Kier molecular flexibility index (Phi) is 7.15. The second kappa shape index (κ2) is 7.22. The zero-order valence-corrected chi connectivity index (χ0v) is 11.7. The molecule has 0 aliphatic rings. The summed E-state index contributed by atoms with van der Waals surface area (Å²) >= 11 is 0. The molecule has 4 nitrogen and oxygen atoms in total. The van der Waals surface area contributed by atoms with E-state index in [0.717, 1.165) is 25.9 Å². The highest BCUT2D eigenvalue weighted by Gasteiger charge is 2.41. The molecule has 0 aromatic heterocycles. The summed E-state index contributed by atoms with van der Waals surface area (Å²) in [6, 6.07) is 0.131.